The lowest BCUT2D eigenvalue weighted by atomic mass is 9.91. The van der Waals surface area contributed by atoms with Crippen LogP contribution in [-0.2, 0) is 11.2 Å². The first-order valence-corrected chi connectivity index (χ1v) is 8.29. The Bertz CT molecular complexity index is 980. The first-order chi connectivity index (χ1) is 11.8. The van der Waals surface area contributed by atoms with Gasteiger partial charge in [-0.05, 0) is 12.5 Å². The SMILES string of the molecule is [CH2+]c1cc(C(=O)c2coc3c2C(=O)C(=O)C(Cl)=C3Cl)cc(CC)c1C. The van der Waals surface area contributed by atoms with Gasteiger partial charge in [0.25, 0.3) is 0 Å². The average molecular weight is 376 g/mol. The van der Waals surface area contributed by atoms with Crippen molar-refractivity contribution in [2.24, 2.45) is 0 Å². The van der Waals surface area contributed by atoms with E-state index in [1.54, 1.807) is 12.1 Å². The summed E-state index contributed by atoms with van der Waals surface area (Å²) in [7, 11) is 0. The van der Waals surface area contributed by atoms with E-state index >= 15 is 0 Å². The minimum absolute atomic E-state index is 0.0130. The molecule has 4 nitrogen and oxygen atoms in total. The number of rotatable bonds is 3. The molecular weight excluding hydrogens is 363 g/mol. The minimum Gasteiger partial charge on any atom is -0.462 e. The lowest BCUT2D eigenvalue weighted by molar-refractivity contribution is -0.111. The molecule has 0 atom stereocenters. The van der Waals surface area contributed by atoms with E-state index in [4.69, 9.17) is 27.6 Å². The molecule has 0 saturated carbocycles. The fourth-order valence-electron chi connectivity index (χ4n) is 2.82. The molecule has 1 aliphatic rings. The molecule has 0 saturated heterocycles. The minimum atomic E-state index is -0.953. The summed E-state index contributed by atoms with van der Waals surface area (Å²) in [6, 6.07) is 3.40. The Morgan fingerprint density at radius 3 is 2.48 bits per heavy atom. The number of aryl methyl sites for hydroxylation is 1. The highest BCUT2D eigenvalue weighted by Gasteiger charge is 2.38. The van der Waals surface area contributed by atoms with Gasteiger partial charge in [-0.25, -0.2) is 0 Å². The van der Waals surface area contributed by atoms with Crippen LogP contribution < -0.4 is 0 Å². The summed E-state index contributed by atoms with van der Waals surface area (Å²) >= 11 is 11.7. The lowest BCUT2D eigenvalue weighted by Crippen LogP contribution is -2.22. The summed E-state index contributed by atoms with van der Waals surface area (Å²) < 4.78 is 5.26. The molecule has 6 heteroatoms. The van der Waals surface area contributed by atoms with Crippen molar-refractivity contribution in [3.63, 3.8) is 0 Å². The monoisotopic (exact) mass is 375 g/mol. The van der Waals surface area contributed by atoms with Crippen LogP contribution in [0.4, 0.5) is 0 Å². The van der Waals surface area contributed by atoms with Crippen molar-refractivity contribution in [3.05, 3.63) is 69.5 Å². The molecular formula is C19H13Cl2O4+. The number of benzene rings is 1. The van der Waals surface area contributed by atoms with E-state index in [0.717, 1.165) is 29.4 Å². The summed E-state index contributed by atoms with van der Waals surface area (Å²) in [5.41, 5.74) is 2.93. The highest BCUT2D eigenvalue weighted by Crippen LogP contribution is 2.37. The van der Waals surface area contributed by atoms with Crippen molar-refractivity contribution < 1.29 is 18.8 Å². The zero-order valence-electron chi connectivity index (χ0n) is 13.5. The Labute approximate surface area is 154 Å². The molecule has 0 aliphatic heterocycles. The van der Waals surface area contributed by atoms with Gasteiger partial charge in [-0.3, -0.25) is 14.4 Å². The van der Waals surface area contributed by atoms with E-state index in [2.05, 4.69) is 6.92 Å². The molecule has 1 aromatic heterocycles. The molecule has 0 radical (unpaired) electrons. The van der Waals surface area contributed by atoms with Crippen molar-refractivity contribution in [2.75, 3.05) is 0 Å². The van der Waals surface area contributed by atoms with Crippen LogP contribution in [0.3, 0.4) is 0 Å². The molecule has 1 aliphatic carbocycles. The van der Waals surface area contributed by atoms with Gasteiger partial charge in [0.1, 0.15) is 21.9 Å². The van der Waals surface area contributed by atoms with Crippen LogP contribution in [0, 0.1) is 13.8 Å². The number of allylic oxidation sites excluding steroid dienone is 1. The van der Waals surface area contributed by atoms with Gasteiger partial charge < -0.3 is 4.42 Å². The standard InChI is InChI=1S/C19H13Cl2O4/c1-4-10-6-11(5-8(2)9(10)3)16(22)12-7-25-19-13(12)17(23)18(24)14(20)15(19)21/h5-7H,2,4H2,1,3H3/q+1. The molecule has 3 rings (SSSR count). The normalized spacial score (nSPS) is 14.1. The van der Waals surface area contributed by atoms with Gasteiger partial charge >= 0.3 is 0 Å². The third-order valence-electron chi connectivity index (χ3n) is 4.33. The third kappa shape index (κ3) is 2.62. The van der Waals surface area contributed by atoms with Gasteiger partial charge in [0, 0.05) is 19.4 Å². The van der Waals surface area contributed by atoms with E-state index < -0.39 is 22.4 Å². The number of Topliss-reactive ketones (excluding diaryl/α,β-unsaturated/α-hetero) is 2. The first kappa shape index (κ1) is 17.5. The molecule has 0 N–H and O–H groups in total. The number of ketones is 3. The lowest BCUT2D eigenvalue weighted by Gasteiger charge is -2.10. The summed E-state index contributed by atoms with van der Waals surface area (Å²) in [6.07, 6.45) is 1.87. The maximum Gasteiger partial charge on any atom is 0.246 e. The van der Waals surface area contributed by atoms with Gasteiger partial charge in [0.2, 0.25) is 17.3 Å². The molecule has 1 heterocycles. The smallest absolute Gasteiger partial charge is 0.246 e. The van der Waals surface area contributed by atoms with Crippen LogP contribution in [0.15, 0.2) is 27.8 Å². The van der Waals surface area contributed by atoms with Crippen LogP contribution >= 0.6 is 23.2 Å². The van der Waals surface area contributed by atoms with Crippen LogP contribution in [0.5, 0.6) is 0 Å². The molecule has 126 valence electrons. The Morgan fingerprint density at radius 1 is 1.16 bits per heavy atom. The van der Waals surface area contributed by atoms with Gasteiger partial charge in [-0.2, -0.15) is 0 Å². The summed E-state index contributed by atoms with van der Waals surface area (Å²) in [4.78, 5) is 37.1. The Morgan fingerprint density at radius 2 is 1.84 bits per heavy atom. The number of fused-ring (bicyclic) bond motifs is 1. The fraction of sp³-hybridized carbons (Fsp3) is 0.158. The summed E-state index contributed by atoms with van der Waals surface area (Å²) in [6.45, 7) is 7.86. The number of carbonyl (C=O) groups is 3. The van der Waals surface area contributed by atoms with E-state index in [1.807, 2.05) is 13.8 Å². The highest BCUT2D eigenvalue weighted by molar-refractivity contribution is 6.71. The molecule has 0 fully saturated rings. The molecule has 0 bridgehead atoms. The molecule has 0 spiro atoms. The number of halogens is 2. The largest absolute Gasteiger partial charge is 0.462 e. The van der Waals surface area contributed by atoms with Gasteiger partial charge in [-0.15, -0.1) is 0 Å². The third-order valence-corrected chi connectivity index (χ3v) is 5.14. The summed E-state index contributed by atoms with van der Waals surface area (Å²) in [5, 5.41) is -0.576. The second kappa shape index (κ2) is 6.21. The molecule has 1 aromatic carbocycles. The maximum atomic E-state index is 12.9. The number of hydrogen-bond donors (Lipinski definition) is 0. The molecule has 0 unspecified atom stereocenters. The fourth-order valence-corrected chi connectivity index (χ4v) is 3.21. The van der Waals surface area contributed by atoms with Gasteiger partial charge in [0.15, 0.2) is 5.76 Å². The Hall–Kier alpha value is -2.30. The van der Waals surface area contributed by atoms with Crippen molar-refractivity contribution in [1.29, 1.82) is 0 Å². The second-order valence-corrected chi connectivity index (χ2v) is 6.50. The van der Waals surface area contributed by atoms with Crippen LogP contribution in [0.1, 0.15) is 55.7 Å². The highest BCUT2D eigenvalue weighted by atomic mass is 35.5. The number of furan rings is 1. The van der Waals surface area contributed by atoms with E-state index in [0.29, 0.717) is 5.56 Å². The number of hydrogen-bond acceptors (Lipinski definition) is 4. The topological polar surface area (TPSA) is 64.3 Å². The van der Waals surface area contributed by atoms with Crippen LogP contribution in [-0.4, -0.2) is 17.3 Å². The van der Waals surface area contributed by atoms with Gasteiger partial charge in [0.05, 0.1) is 28.3 Å². The van der Waals surface area contributed by atoms with Gasteiger partial charge in [-0.1, -0.05) is 30.1 Å². The number of carbonyl (C=O) groups excluding carboxylic acids is 3. The van der Waals surface area contributed by atoms with Crippen molar-refractivity contribution >= 4 is 45.6 Å². The predicted molar refractivity (Wildman–Crippen MR) is 95.1 cm³/mol. The van der Waals surface area contributed by atoms with Crippen molar-refractivity contribution in [3.8, 4) is 0 Å². The molecule has 0 amide bonds. The van der Waals surface area contributed by atoms with E-state index in [1.165, 1.54) is 0 Å². The second-order valence-electron chi connectivity index (χ2n) is 5.74. The quantitative estimate of drug-likeness (QED) is 0.450. The van der Waals surface area contributed by atoms with Crippen molar-refractivity contribution in [2.45, 2.75) is 20.3 Å². The average Bonchev–Trinajstić information content (AvgIpc) is 3.04. The van der Waals surface area contributed by atoms with Crippen LogP contribution in [0.2, 0.25) is 0 Å². The Balaban J connectivity index is 2.16. The zero-order chi connectivity index (χ0) is 18.5. The summed E-state index contributed by atoms with van der Waals surface area (Å²) in [5.74, 6) is -2.35. The molecule has 2 aromatic rings. The van der Waals surface area contributed by atoms with E-state index in [-0.39, 0.29) is 21.9 Å². The predicted octanol–water partition coefficient (Wildman–Crippen LogP) is 4.48. The van der Waals surface area contributed by atoms with E-state index in [9.17, 15) is 14.4 Å². The molecule has 25 heavy (non-hydrogen) atoms. The maximum absolute atomic E-state index is 12.9. The van der Waals surface area contributed by atoms with Crippen molar-refractivity contribution in [1.82, 2.24) is 0 Å². The zero-order valence-corrected chi connectivity index (χ0v) is 15.0. The first-order valence-electron chi connectivity index (χ1n) is 7.54. The van der Waals surface area contributed by atoms with Crippen LogP contribution in [0.25, 0.3) is 5.03 Å². The Kier molecular flexibility index (Phi) is 4.35.